The topological polar surface area (TPSA) is 55.8 Å². The van der Waals surface area contributed by atoms with E-state index in [1.807, 2.05) is 13.0 Å². The van der Waals surface area contributed by atoms with Crippen molar-refractivity contribution in [1.82, 2.24) is 0 Å². The minimum atomic E-state index is -0.785. The lowest BCUT2D eigenvalue weighted by Gasteiger charge is -2.15. The van der Waals surface area contributed by atoms with E-state index in [1.165, 1.54) is 0 Å². The molecule has 92 valence electrons. The molecule has 1 aromatic carbocycles. The van der Waals surface area contributed by atoms with Crippen LogP contribution in [0.1, 0.15) is 30.4 Å². The highest BCUT2D eigenvalue weighted by atomic mass is 16.5. The molecule has 1 atom stereocenters. The summed E-state index contributed by atoms with van der Waals surface area (Å²) in [7, 11) is 1.59. The summed E-state index contributed by atoms with van der Waals surface area (Å²) in [5, 5.41) is 9.21. The van der Waals surface area contributed by atoms with Gasteiger partial charge in [-0.3, -0.25) is 4.79 Å². The molecule has 1 N–H and O–H groups in total. The number of hydrogen-bond donors (Lipinski definition) is 1. The van der Waals surface area contributed by atoms with Crippen LogP contribution < -0.4 is 9.47 Å². The molecule has 0 amide bonds. The molecule has 4 nitrogen and oxygen atoms in total. The third-order valence-electron chi connectivity index (χ3n) is 3.16. The lowest BCUT2D eigenvalue weighted by Crippen LogP contribution is -2.12. The van der Waals surface area contributed by atoms with Gasteiger partial charge in [0.15, 0.2) is 11.5 Å². The first kappa shape index (κ1) is 11.8. The van der Waals surface area contributed by atoms with Gasteiger partial charge in [-0.1, -0.05) is 13.0 Å². The molecule has 1 heterocycles. The quantitative estimate of drug-likeness (QED) is 0.870. The number of fused-ring (bicyclic) bond motifs is 1. The van der Waals surface area contributed by atoms with Crippen molar-refractivity contribution in [2.45, 2.75) is 25.7 Å². The first-order valence-electron chi connectivity index (χ1n) is 5.74. The fourth-order valence-electron chi connectivity index (χ4n) is 2.31. The number of methoxy groups -OCH3 is 1. The Morgan fingerprint density at radius 3 is 2.94 bits per heavy atom. The van der Waals surface area contributed by atoms with E-state index in [0.29, 0.717) is 24.5 Å². The minimum Gasteiger partial charge on any atom is -0.493 e. The van der Waals surface area contributed by atoms with Crippen molar-refractivity contribution in [1.29, 1.82) is 0 Å². The van der Waals surface area contributed by atoms with E-state index in [4.69, 9.17) is 9.47 Å². The lowest BCUT2D eigenvalue weighted by molar-refractivity contribution is -0.138. The Labute approximate surface area is 100 Å². The molecule has 0 radical (unpaired) electrons. The minimum absolute atomic E-state index is 0.462. The van der Waals surface area contributed by atoms with Crippen molar-refractivity contribution in [3.05, 3.63) is 23.3 Å². The van der Waals surface area contributed by atoms with Crippen LogP contribution in [0.3, 0.4) is 0 Å². The molecule has 0 spiro atoms. The van der Waals surface area contributed by atoms with E-state index in [2.05, 4.69) is 0 Å². The summed E-state index contributed by atoms with van der Waals surface area (Å²) in [5.41, 5.74) is 1.84. The SMILES string of the molecule is CCC(C(=O)O)c1ccc(OC)c2c1CCO2. The number of carboxylic acid groups (broad SMARTS) is 1. The summed E-state index contributed by atoms with van der Waals surface area (Å²) >= 11 is 0. The maximum Gasteiger partial charge on any atom is 0.310 e. The van der Waals surface area contributed by atoms with Crippen molar-refractivity contribution in [2.75, 3.05) is 13.7 Å². The first-order valence-corrected chi connectivity index (χ1v) is 5.74. The number of rotatable bonds is 4. The van der Waals surface area contributed by atoms with E-state index in [0.717, 1.165) is 17.5 Å². The van der Waals surface area contributed by atoms with Gasteiger partial charge in [-0.15, -0.1) is 0 Å². The number of hydrogen-bond acceptors (Lipinski definition) is 3. The first-order chi connectivity index (χ1) is 8.19. The second-order valence-corrected chi connectivity index (χ2v) is 4.06. The Kier molecular flexibility index (Phi) is 3.22. The molecular weight excluding hydrogens is 220 g/mol. The van der Waals surface area contributed by atoms with Crippen molar-refractivity contribution in [3.63, 3.8) is 0 Å². The highest BCUT2D eigenvalue weighted by Gasteiger charge is 2.27. The third-order valence-corrected chi connectivity index (χ3v) is 3.16. The van der Waals surface area contributed by atoms with E-state index < -0.39 is 11.9 Å². The molecule has 0 aliphatic carbocycles. The normalized spacial score (nSPS) is 14.9. The number of ether oxygens (including phenoxy) is 2. The van der Waals surface area contributed by atoms with Gasteiger partial charge in [0.1, 0.15) is 0 Å². The van der Waals surface area contributed by atoms with Crippen molar-refractivity contribution in [2.24, 2.45) is 0 Å². The molecule has 1 unspecified atom stereocenters. The van der Waals surface area contributed by atoms with Gasteiger partial charge >= 0.3 is 5.97 Å². The van der Waals surface area contributed by atoms with Gasteiger partial charge in [0.25, 0.3) is 0 Å². The van der Waals surface area contributed by atoms with Crippen LogP contribution in [-0.4, -0.2) is 24.8 Å². The molecular formula is C13H16O4. The molecule has 0 aromatic heterocycles. The van der Waals surface area contributed by atoms with Crippen molar-refractivity contribution < 1.29 is 19.4 Å². The van der Waals surface area contributed by atoms with Crippen LogP contribution in [0.5, 0.6) is 11.5 Å². The second-order valence-electron chi connectivity index (χ2n) is 4.06. The molecule has 1 aliphatic rings. The van der Waals surface area contributed by atoms with E-state index in [9.17, 15) is 9.90 Å². The summed E-state index contributed by atoms with van der Waals surface area (Å²) in [6, 6.07) is 3.62. The Hall–Kier alpha value is -1.71. The fraction of sp³-hybridized carbons (Fsp3) is 0.462. The maximum atomic E-state index is 11.2. The van der Waals surface area contributed by atoms with Crippen LogP contribution in [0, 0.1) is 0 Å². The van der Waals surface area contributed by atoms with E-state index in [1.54, 1.807) is 13.2 Å². The standard InChI is InChI=1S/C13H16O4/c1-3-8(13(14)15)9-4-5-11(16-2)12-10(9)6-7-17-12/h4-5,8H,3,6-7H2,1-2H3,(H,14,15). The van der Waals surface area contributed by atoms with Crippen LogP contribution in [0.15, 0.2) is 12.1 Å². The molecule has 0 fully saturated rings. The lowest BCUT2D eigenvalue weighted by atomic mass is 9.91. The van der Waals surface area contributed by atoms with Crippen LogP contribution in [0.25, 0.3) is 0 Å². The van der Waals surface area contributed by atoms with Gasteiger partial charge in [0.05, 0.1) is 19.6 Å². The van der Waals surface area contributed by atoms with Crippen LogP contribution in [0.2, 0.25) is 0 Å². The summed E-state index contributed by atoms with van der Waals surface area (Å²) in [4.78, 5) is 11.2. The molecule has 0 saturated carbocycles. The number of carboxylic acids is 1. The van der Waals surface area contributed by atoms with Gasteiger partial charge in [-0.2, -0.15) is 0 Å². The fourth-order valence-corrected chi connectivity index (χ4v) is 2.31. The van der Waals surface area contributed by atoms with Crippen molar-refractivity contribution >= 4 is 5.97 Å². The Morgan fingerprint density at radius 1 is 1.59 bits per heavy atom. The zero-order valence-electron chi connectivity index (χ0n) is 10.0. The molecule has 2 rings (SSSR count). The van der Waals surface area contributed by atoms with Gasteiger partial charge in [0.2, 0.25) is 0 Å². The summed E-state index contributed by atoms with van der Waals surface area (Å²) in [5.74, 6) is 0.148. The van der Waals surface area contributed by atoms with Gasteiger partial charge in [0, 0.05) is 12.0 Å². The predicted octanol–water partition coefficient (Wildman–Crippen LogP) is 2.21. The van der Waals surface area contributed by atoms with Gasteiger partial charge in [-0.25, -0.2) is 0 Å². The third kappa shape index (κ3) is 1.95. The predicted molar refractivity (Wildman–Crippen MR) is 62.9 cm³/mol. The van der Waals surface area contributed by atoms with Crippen LogP contribution >= 0.6 is 0 Å². The molecule has 17 heavy (non-hydrogen) atoms. The highest BCUT2D eigenvalue weighted by Crippen LogP contribution is 2.40. The van der Waals surface area contributed by atoms with Crippen LogP contribution in [0.4, 0.5) is 0 Å². The largest absolute Gasteiger partial charge is 0.493 e. The smallest absolute Gasteiger partial charge is 0.310 e. The number of benzene rings is 1. The maximum absolute atomic E-state index is 11.2. The number of carbonyl (C=O) groups is 1. The Balaban J connectivity index is 2.49. The van der Waals surface area contributed by atoms with Gasteiger partial charge < -0.3 is 14.6 Å². The average Bonchev–Trinajstić information content (AvgIpc) is 2.78. The molecule has 0 bridgehead atoms. The monoisotopic (exact) mass is 236 g/mol. The molecule has 1 aliphatic heterocycles. The molecule has 0 saturated heterocycles. The van der Waals surface area contributed by atoms with Crippen LogP contribution in [-0.2, 0) is 11.2 Å². The summed E-state index contributed by atoms with van der Waals surface area (Å²) in [6.07, 6.45) is 1.33. The number of aliphatic carboxylic acids is 1. The average molecular weight is 236 g/mol. The molecule has 4 heteroatoms. The Bertz CT molecular complexity index is 439. The van der Waals surface area contributed by atoms with Gasteiger partial charge in [-0.05, 0) is 18.1 Å². The highest BCUT2D eigenvalue weighted by molar-refractivity contribution is 5.77. The van der Waals surface area contributed by atoms with E-state index in [-0.39, 0.29) is 0 Å². The second kappa shape index (κ2) is 4.65. The Morgan fingerprint density at radius 2 is 2.35 bits per heavy atom. The zero-order chi connectivity index (χ0) is 12.4. The summed E-state index contributed by atoms with van der Waals surface area (Å²) < 4.78 is 10.7. The molecule has 1 aromatic rings. The summed E-state index contributed by atoms with van der Waals surface area (Å²) in [6.45, 7) is 2.48. The zero-order valence-corrected chi connectivity index (χ0v) is 10.0. The van der Waals surface area contributed by atoms with E-state index >= 15 is 0 Å². The van der Waals surface area contributed by atoms with Crippen molar-refractivity contribution in [3.8, 4) is 11.5 Å².